The van der Waals surface area contributed by atoms with Crippen LogP contribution in [0.15, 0.2) is 18.2 Å². The number of carbonyl (C=O) groups excluding carboxylic acids is 1. The Kier molecular flexibility index (Phi) is 4.51. The summed E-state index contributed by atoms with van der Waals surface area (Å²) >= 11 is 0. The van der Waals surface area contributed by atoms with Gasteiger partial charge < -0.3 is 11.1 Å². The number of benzene rings is 1. The maximum Gasteiger partial charge on any atom is 0.419 e. The van der Waals surface area contributed by atoms with Crippen molar-refractivity contribution in [1.29, 1.82) is 0 Å². The largest absolute Gasteiger partial charge is 0.419 e. The van der Waals surface area contributed by atoms with Crippen molar-refractivity contribution in [2.24, 2.45) is 5.73 Å². The van der Waals surface area contributed by atoms with E-state index < -0.39 is 29.0 Å². The molecule has 1 aliphatic carbocycles. The van der Waals surface area contributed by atoms with Gasteiger partial charge in [0.05, 0.1) is 11.1 Å². The zero-order valence-electron chi connectivity index (χ0n) is 11.2. The highest BCUT2D eigenvalue weighted by Gasteiger charge is 2.36. The summed E-state index contributed by atoms with van der Waals surface area (Å²) in [5, 5.41) is 2.57. The van der Waals surface area contributed by atoms with Gasteiger partial charge in [-0.3, -0.25) is 4.79 Å². The molecule has 2 rings (SSSR count). The van der Waals surface area contributed by atoms with Crippen molar-refractivity contribution >= 4 is 5.91 Å². The summed E-state index contributed by atoms with van der Waals surface area (Å²) in [6.07, 6.45) is -2.06. The number of carbonyl (C=O) groups is 1. The monoisotopic (exact) mass is 304 g/mol. The van der Waals surface area contributed by atoms with E-state index in [1.54, 1.807) is 0 Å². The lowest BCUT2D eigenvalue weighted by molar-refractivity contribution is -0.140. The number of alkyl halides is 3. The van der Waals surface area contributed by atoms with Crippen LogP contribution in [0, 0.1) is 5.82 Å². The second-order valence-electron chi connectivity index (χ2n) is 5.25. The molecular formula is C14H16F4N2O. The molecule has 3 nitrogen and oxygen atoms in total. The van der Waals surface area contributed by atoms with Gasteiger partial charge in [-0.05, 0) is 37.8 Å². The lowest BCUT2D eigenvalue weighted by Crippen LogP contribution is -2.40. The average Bonchev–Trinajstić information content (AvgIpc) is 2.40. The summed E-state index contributed by atoms with van der Waals surface area (Å²) in [5.74, 6) is -2.35. The Morgan fingerprint density at radius 3 is 2.38 bits per heavy atom. The molecular weight excluding hydrogens is 288 g/mol. The van der Waals surface area contributed by atoms with Gasteiger partial charge >= 0.3 is 6.18 Å². The van der Waals surface area contributed by atoms with Gasteiger partial charge in [-0.2, -0.15) is 13.2 Å². The predicted molar refractivity (Wildman–Crippen MR) is 69.1 cm³/mol. The fraction of sp³-hybridized carbons (Fsp3) is 0.500. The van der Waals surface area contributed by atoms with Crippen molar-refractivity contribution in [2.75, 3.05) is 0 Å². The minimum absolute atomic E-state index is 0.0865. The number of halogens is 4. The maximum atomic E-state index is 13.8. The van der Waals surface area contributed by atoms with Crippen LogP contribution in [0.25, 0.3) is 0 Å². The van der Waals surface area contributed by atoms with E-state index in [1.165, 1.54) is 0 Å². The fourth-order valence-corrected chi connectivity index (χ4v) is 2.45. The summed E-state index contributed by atoms with van der Waals surface area (Å²) < 4.78 is 51.7. The number of nitrogens with two attached hydrogens (primary N) is 1. The molecule has 0 saturated heterocycles. The van der Waals surface area contributed by atoms with Crippen LogP contribution < -0.4 is 11.1 Å². The highest BCUT2D eigenvalue weighted by Crippen LogP contribution is 2.32. The standard InChI is InChI=1S/C14H16F4N2O/c15-12-10(2-1-3-11(12)14(16,17)18)13(21)20-9-6-4-8(19)5-7-9/h1-3,8-9H,4-7,19H2,(H,20,21). The molecule has 3 N–H and O–H groups in total. The van der Waals surface area contributed by atoms with Crippen LogP contribution in [0.3, 0.4) is 0 Å². The zero-order chi connectivity index (χ0) is 15.6. The van der Waals surface area contributed by atoms with Gasteiger partial charge in [-0.15, -0.1) is 0 Å². The summed E-state index contributed by atoms with van der Waals surface area (Å²) in [5.41, 5.74) is 3.72. The van der Waals surface area contributed by atoms with Gasteiger partial charge in [-0.1, -0.05) is 6.07 Å². The molecule has 1 aromatic rings. The summed E-state index contributed by atoms with van der Waals surface area (Å²) in [6.45, 7) is 0. The first-order valence-corrected chi connectivity index (χ1v) is 6.71. The Bertz CT molecular complexity index is 522. The van der Waals surface area contributed by atoms with Crippen LogP contribution in [0.1, 0.15) is 41.6 Å². The molecule has 1 saturated carbocycles. The number of rotatable bonds is 2. The van der Waals surface area contributed by atoms with Crippen LogP contribution in [0.2, 0.25) is 0 Å². The van der Waals surface area contributed by atoms with Gasteiger partial charge in [-0.25, -0.2) is 4.39 Å². The first-order valence-electron chi connectivity index (χ1n) is 6.71. The molecule has 21 heavy (non-hydrogen) atoms. The zero-order valence-corrected chi connectivity index (χ0v) is 11.2. The lowest BCUT2D eigenvalue weighted by atomic mass is 9.91. The number of amides is 1. The van der Waals surface area contributed by atoms with E-state index in [1.807, 2.05) is 0 Å². The maximum absolute atomic E-state index is 13.8. The Hall–Kier alpha value is -1.63. The van der Waals surface area contributed by atoms with Crippen molar-refractivity contribution in [3.05, 3.63) is 35.1 Å². The average molecular weight is 304 g/mol. The topological polar surface area (TPSA) is 55.1 Å². The van der Waals surface area contributed by atoms with Crippen LogP contribution in [0.4, 0.5) is 17.6 Å². The van der Waals surface area contributed by atoms with E-state index in [2.05, 4.69) is 5.32 Å². The minimum Gasteiger partial charge on any atom is -0.349 e. The highest BCUT2D eigenvalue weighted by molar-refractivity contribution is 5.94. The van der Waals surface area contributed by atoms with Gasteiger partial charge in [0.25, 0.3) is 5.91 Å². The minimum atomic E-state index is -4.82. The third kappa shape index (κ3) is 3.72. The molecule has 0 spiro atoms. The Labute approximate surface area is 119 Å². The lowest BCUT2D eigenvalue weighted by Gasteiger charge is -2.27. The van der Waals surface area contributed by atoms with E-state index in [0.717, 1.165) is 25.0 Å². The molecule has 7 heteroatoms. The van der Waals surface area contributed by atoms with Crippen LogP contribution >= 0.6 is 0 Å². The summed E-state index contributed by atoms with van der Waals surface area (Å²) in [6, 6.07) is 2.60. The highest BCUT2D eigenvalue weighted by atomic mass is 19.4. The molecule has 0 aromatic heterocycles. The number of hydrogen-bond donors (Lipinski definition) is 2. The van der Waals surface area contributed by atoms with E-state index in [0.29, 0.717) is 18.9 Å². The smallest absolute Gasteiger partial charge is 0.349 e. The third-order valence-corrected chi connectivity index (χ3v) is 3.66. The van der Waals surface area contributed by atoms with Crippen LogP contribution in [0.5, 0.6) is 0 Å². The second-order valence-corrected chi connectivity index (χ2v) is 5.25. The molecule has 1 aliphatic rings. The second kappa shape index (κ2) is 6.01. The van der Waals surface area contributed by atoms with E-state index in [-0.39, 0.29) is 12.1 Å². The third-order valence-electron chi connectivity index (χ3n) is 3.66. The quantitative estimate of drug-likeness (QED) is 0.826. The molecule has 0 atom stereocenters. The first-order chi connectivity index (χ1) is 9.79. The molecule has 0 heterocycles. The summed E-state index contributed by atoms with van der Waals surface area (Å²) in [4.78, 5) is 11.9. The molecule has 0 radical (unpaired) electrons. The number of nitrogens with one attached hydrogen (secondary N) is 1. The van der Waals surface area contributed by atoms with Crippen molar-refractivity contribution in [3.8, 4) is 0 Å². The molecule has 116 valence electrons. The molecule has 1 fully saturated rings. The predicted octanol–water partition coefficient (Wildman–Crippen LogP) is 2.84. The first kappa shape index (κ1) is 15.8. The molecule has 0 aliphatic heterocycles. The molecule has 0 bridgehead atoms. The van der Waals surface area contributed by atoms with Gasteiger partial charge in [0.15, 0.2) is 0 Å². The Balaban J connectivity index is 2.13. The molecule has 1 amide bonds. The van der Waals surface area contributed by atoms with Crippen LogP contribution in [-0.4, -0.2) is 18.0 Å². The Morgan fingerprint density at radius 1 is 1.19 bits per heavy atom. The van der Waals surface area contributed by atoms with Gasteiger partial charge in [0.1, 0.15) is 5.82 Å². The van der Waals surface area contributed by atoms with Crippen molar-refractivity contribution in [2.45, 2.75) is 43.9 Å². The Morgan fingerprint density at radius 2 is 1.81 bits per heavy atom. The SMILES string of the molecule is NC1CCC(NC(=O)c2cccc(C(F)(F)F)c2F)CC1. The van der Waals surface area contributed by atoms with Gasteiger partial charge in [0.2, 0.25) is 0 Å². The van der Waals surface area contributed by atoms with E-state index in [9.17, 15) is 22.4 Å². The van der Waals surface area contributed by atoms with Crippen molar-refractivity contribution in [1.82, 2.24) is 5.32 Å². The van der Waals surface area contributed by atoms with E-state index in [4.69, 9.17) is 5.73 Å². The molecule has 1 aromatic carbocycles. The van der Waals surface area contributed by atoms with Crippen LogP contribution in [-0.2, 0) is 6.18 Å². The normalized spacial score (nSPS) is 22.9. The number of hydrogen-bond acceptors (Lipinski definition) is 2. The van der Waals surface area contributed by atoms with Gasteiger partial charge in [0, 0.05) is 12.1 Å². The van der Waals surface area contributed by atoms with Crippen molar-refractivity contribution < 1.29 is 22.4 Å². The van der Waals surface area contributed by atoms with E-state index >= 15 is 0 Å². The summed E-state index contributed by atoms with van der Waals surface area (Å²) in [7, 11) is 0. The molecule has 0 unspecified atom stereocenters. The fourth-order valence-electron chi connectivity index (χ4n) is 2.45. The van der Waals surface area contributed by atoms with Crippen molar-refractivity contribution in [3.63, 3.8) is 0 Å².